The summed E-state index contributed by atoms with van der Waals surface area (Å²) in [6.07, 6.45) is 3.71. The highest BCUT2D eigenvalue weighted by molar-refractivity contribution is 5.77. The van der Waals surface area contributed by atoms with E-state index in [1.54, 1.807) is 12.1 Å². The van der Waals surface area contributed by atoms with Crippen LogP contribution in [-0.2, 0) is 11.3 Å². The van der Waals surface area contributed by atoms with Crippen molar-refractivity contribution in [1.29, 1.82) is 0 Å². The van der Waals surface area contributed by atoms with Crippen LogP contribution in [0.5, 0.6) is 0 Å². The van der Waals surface area contributed by atoms with Crippen molar-refractivity contribution in [2.75, 3.05) is 39.8 Å². The number of rotatable bonds is 5. The quantitative estimate of drug-likeness (QED) is 0.866. The van der Waals surface area contributed by atoms with Crippen LogP contribution in [0.15, 0.2) is 24.3 Å². The number of amides is 1. The van der Waals surface area contributed by atoms with Gasteiger partial charge in [0.2, 0.25) is 5.91 Å². The predicted molar refractivity (Wildman–Crippen MR) is 101 cm³/mol. The Kier molecular flexibility index (Phi) is 6.62. The van der Waals surface area contributed by atoms with E-state index in [9.17, 15) is 9.18 Å². The summed E-state index contributed by atoms with van der Waals surface area (Å²) in [5, 5.41) is 0. The molecule has 0 spiro atoms. The van der Waals surface area contributed by atoms with Gasteiger partial charge < -0.3 is 10.6 Å². The number of nitrogens with zero attached hydrogens (tertiary/aromatic N) is 3. The Morgan fingerprint density at radius 2 is 2.00 bits per heavy atom. The van der Waals surface area contributed by atoms with Gasteiger partial charge in [-0.15, -0.1) is 0 Å². The molecular formula is C20H31FN4O. The largest absolute Gasteiger partial charge is 0.341 e. The van der Waals surface area contributed by atoms with Gasteiger partial charge in [-0.25, -0.2) is 4.39 Å². The number of carbonyl (C=O) groups is 1. The van der Waals surface area contributed by atoms with E-state index in [0.717, 1.165) is 57.5 Å². The standard InChI is InChI=1S/C20H31FN4O/c1-23-18(6-7-19(23)14-22)13-20(26)25-9-3-8-24(10-11-25)15-16-4-2-5-17(21)12-16/h2,4-5,12,18-19H,3,6-11,13-15,22H2,1H3/t18-,19+/m0/s1. The Morgan fingerprint density at radius 1 is 1.19 bits per heavy atom. The number of likely N-dealkylation sites (N-methyl/N-ethyl adjacent to an activating group) is 1. The van der Waals surface area contributed by atoms with Crippen molar-refractivity contribution in [3.05, 3.63) is 35.6 Å². The highest BCUT2D eigenvalue weighted by Gasteiger charge is 2.32. The molecule has 2 heterocycles. The summed E-state index contributed by atoms with van der Waals surface area (Å²) in [5.74, 6) is 0.0673. The minimum absolute atomic E-state index is 0.189. The fourth-order valence-corrected chi connectivity index (χ4v) is 4.22. The third-order valence-electron chi connectivity index (χ3n) is 5.90. The molecule has 2 aliphatic rings. The maximum Gasteiger partial charge on any atom is 0.224 e. The van der Waals surface area contributed by atoms with Crippen molar-refractivity contribution in [2.24, 2.45) is 5.73 Å². The van der Waals surface area contributed by atoms with E-state index in [2.05, 4.69) is 16.8 Å². The fraction of sp³-hybridized carbons (Fsp3) is 0.650. The zero-order valence-corrected chi connectivity index (χ0v) is 15.7. The van der Waals surface area contributed by atoms with Crippen LogP contribution >= 0.6 is 0 Å². The molecular weight excluding hydrogens is 331 g/mol. The molecule has 2 saturated heterocycles. The lowest BCUT2D eigenvalue weighted by molar-refractivity contribution is -0.132. The van der Waals surface area contributed by atoms with Gasteiger partial charge in [0, 0.05) is 57.8 Å². The second-order valence-electron chi connectivity index (χ2n) is 7.63. The average Bonchev–Trinajstić information content (AvgIpc) is 2.82. The third kappa shape index (κ3) is 4.81. The van der Waals surface area contributed by atoms with E-state index in [0.29, 0.717) is 25.0 Å². The van der Waals surface area contributed by atoms with Gasteiger partial charge in [0.25, 0.3) is 0 Å². The van der Waals surface area contributed by atoms with Crippen molar-refractivity contribution in [2.45, 2.75) is 44.3 Å². The molecule has 1 amide bonds. The second kappa shape index (κ2) is 8.93. The van der Waals surface area contributed by atoms with Gasteiger partial charge in [-0.2, -0.15) is 0 Å². The van der Waals surface area contributed by atoms with Crippen molar-refractivity contribution >= 4 is 5.91 Å². The van der Waals surface area contributed by atoms with E-state index >= 15 is 0 Å². The summed E-state index contributed by atoms with van der Waals surface area (Å²) >= 11 is 0. The molecule has 2 fully saturated rings. The van der Waals surface area contributed by atoms with Gasteiger partial charge in [-0.05, 0) is 44.0 Å². The molecule has 2 aliphatic heterocycles. The van der Waals surface area contributed by atoms with Gasteiger partial charge in [0.15, 0.2) is 0 Å². The van der Waals surface area contributed by atoms with Crippen molar-refractivity contribution in [1.82, 2.24) is 14.7 Å². The number of hydrogen-bond acceptors (Lipinski definition) is 4. The van der Waals surface area contributed by atoms with Crippen LogP contribution < -0.4 is 5.73 Å². The lowest BCUT2D eigenvalue weighted by atomic mass is 10.1. The fourth-order valence-electron chi connectivity index (χ4n) is 4.22. The van der Waals surface area contributed by atoms with Gasteiger partial charge in [0.1, 0.15) is 5.82 Å². The number of nitrogens with two attached hydrogens (primary N) is 1. The summed E-state index contributed by atoms with van der Waals surface area (Å²) in [7, 11) is 2.09. The molecule has 0 aromatic heterocycles. The summed E-state index contributed by atoms with van der Waals surface area (Å²) in [6.45, 7) is 4.76. The van der Waals surface area contributed by atoms with Crippen molar-refractivity contribution in [3.63, 3.8) is 0 Å². The van der Waals surface area contributed by atoms with Crippen LogP contribution in [-0.4, -0.2) is 72.5 Å². The van der Waals surface area contributed by atoms with Gasteiger partial charge in [-0.1, -0.05) is 12.1 Å². The van der Waals surface area contributed by atoms with E-state index in [1.807, 2.05) is 11.0 Å². The van der Waals surface area contributed by atoms with Crippen LogP contribution in [0.25, 0.3) is 0 Å². The number of hydrogen-bond donors (Lipinski definition) is 1. The Hall–Kier alpha value is -1.50. The molecule has 0 saturated carbocycles. The number of carbonyl (C=O) groups excluding carboxylic acids is 1. The highest BCUT2D eigenvalue weighted by atomic mass is 19.1. The molecule has 6 heteroatoms. The molecule has 0 aliphatic carbocycles. The lowest BCUT2D eigenvalue weighted by Crippen LogP contribution is -2.41. The van der Waals surface area contributed by atoms with Gasteiger partial charge in [0.05, 0.1) is 0 Å². The molecule has 0 unspecified atom stereocenters. The maximum atomic E-state index is 13.4. The average molecular weight is 362 g/mol. The predicted octanol–water partition coefficient (Wildman–Crippen LogP) is 1.67. The van der Waals surface area contributed by atoms with Crippen LogP contribution in [0.1, 0.15) is 31.2 Å². The molecule has 0 radical (unpaired) electrons. The van der Waals surface area contributed by atoms with Gasteiger partial charge in [-0.3, -0.25) is 14.6 Å². The highest BCUT2D eigenvalue weighted by Crippen LogP contribution is 2.24. The van der Waals surface area contributed by atoms with Crippen molar-refractivity contribution in [3.8, 4) is 0 Å². The van der Waals surface area contributed by atoms with Crippen LogP contribution in [0.3, 0.4) is 0 Å². The van der Waals surface area contributed by atoms with E-state index in [4.69, 9.17) is 5.73 Å². The molecule has 1 aromatic carbocycles. The van der Waals surface area contributed by atoms with E-state index in [-0.39, 0.29) is 11.7 Å². The molecule has 3 rings (SSSR count). The Morgan fingerprint density at radius 3 is 2.73 bits per heavy atom. The maximum absolute atomic E-state index is 13.4. The van der Waals surface area contributed by atoms with Crippen molar-refractivity contribution < 1.29 is 9.18 Å². The van der Waals surface area contributed by atoms with Gasteiger partial charge >= 0.3 is 0 Å². The molecule has 144 valence electrons. The minimum atomic E-state index is -0.189. The Balaban J connectivity index is 1.49. The number of benzene rings is 1. The second-order valence-corrected chi connectivity index (χ2v) is 7.63. The normalized spacial score (nSPS) is 25.4. The lowest BCUT2D eigenvalue weighted by Gasteiger charge is -2.27. The Labute approximate surface area is 155 Å². The first-order valence-electron chi connectivity index (χ1n) is 9.73. The van der Waals surface area contributed by atoms with Crippen LogP contribution in [0.2, 0.25) is 0 Å². The first-order valence-corrected chi connectivity index (χ1v) is 9.73. The monoisotopic (exact) mass is 362 g/mol. The molecule has 1 aromatic rings. The summed E-state index contributed by atoms with van der Waals surface area (Å²) < 4.78 is 13.4. The smallest absolute Gasteiger partial charge is 0.224 e. The number of likely N-dealkylation sites (tertiary alicyclic amines) is 1. The summed E-state index contributed by atoms with van der Waals surface area (Å²) in [6, 6.07) is 7.52. The Bertz CT molecular complexity index is 611. The molecule has 26 heavy (non-hydrogen) atoms. The summed E-state index contributed by atoms with van der Waals surface area (Å²) in [5.41, 5.74) is 6.79. The van der Waals surface area contributed by atoms with Crippen LogP contribution in [0, 0.1) is 5.82 Å². The zero-order chi connectivity index (χ0) is 18.5. The molecule has 5 nitrogen and oxygen atoms in total. The summed E-state index contributed by atoms with van der Waals surface area (Å²) in [4.78, 5) is 19.4. The minimum Gasteiger partial charge on any atom is -0.341 e. The third-order valence-corrected chi connectivity index (χ3v) is 5.90. The first-order chi connectivity index (χ1) is 12.6. The molecule has 2 N–H and O–H groups in total. The molecule has 2 atom stereocenters. The number of halogens is 1. The SMILES string of the molecule is CN1[C@@H](CN)CC[C@H]1CC(=O)N1CCCN(Cc2cccc(F)c2)CC1. The van der Waals surface area contributed by atoms with Crippen LogP contribution in [0.4, 0.5) is 4.39 Å². The van der Waals surface area contributed by atoms with E-state index < -0.39 is 0 Å². The molecule has 0 bridgehead atoms. The zero-order valence-electron chi connectivity index (χ0n) is 15.7. The topological polar surface area (TPSA) is 52.8 Å². The van der Waals surface area contributed by atoms with E-state index in [1.165, 1.54) is 6.07 Å². The first kappa shape index (κ1) is 19.3.